The second kappa shape index (κ2) is 5.89. The van der Waals surface area contributed by atoms with Gasteiger partial charge in [-0.1, -0.05) is 18.2 Å². The summed E-state index contributed by atoms with van der Waals surface area (Å²) in [5.74, 6) is 0. The first-order chi connectivity index (χ1) is 11.7. The number of aryl methyl sites for hydroxylation is 3. The van der Waals surface area contributed by atoms with Gasteiger partial charge >= 0.3 is 11.1 Å². The van der Waals surface area contributed by atoms with E-state index in [1.165, 1.54) is 36.9 Å². The smallest absolute Gasteiger partial charge is 0.305 e. The summed E-state index contributed by atoms with van der Waals surface area (Å²) in [7, 11) is -0.913. The zero-order valence-electron chi connectivity index (χ0n) is 14.0. The van der Waals surface area contributed by atoms with Gasteiger partial charge in [-0.2, -0.15) is 0 Å². The van der Waals surface area contributed by atoms with Crippen LogP contribution in [0.1, 0.15) is 5.56 Å². The lowest BCUT2D eigenvalue weighted by Gasteiger charge is -2.13. The Hall–Kier alpha value is -2.87. The van der Waals surface area contributed by atoms with Gasteiger partial charge < -0.3 is 9.13 Å². The summed E-state index contributed by atoms with van der Waals surface area (Å²) in [6.07, 6.45) is 0. The van der Waals surface area contributed by atoms with E-state index in [9.17, 15) is 18.0 Å². The van der Waals surface area contributed by atoms with Crippen LogP contribution in [0.25, 0.3) is 11.0 Å². The molecule has 3 rings (SSSR count). The number of benzene rings is 2. The molecule has 0 fully saturated rings. The van der Waals surface area contributed by atoms with Crippen molar-refractivity contribution in [3.8, 4) is 0 Å². The zero-order valence-corrected chi connectivity index (χ0v) is 14.8. The van der Waals surface area contributed by atoms with Crippen molar-refractivity contribution in [1.82, 2.24) is 9.13 Å². The maximum absolute atomic E-state index is 12.7. The largest absolute Gasteiger partial charge is 0.316 e. The Kier molecular flexibility index (Phi) is 4.00. The molecule has 7 nitrogen and oxygen atoms in total. The molecule has 2 aromatic carbocycles. The maximum Gasteiger partial charge on any atom is 0.316 e. The van der Waals surface area contributed by atoms with E-state index in [0.29, 0.717) is 16.7 Å². The van der Waals surface area contributed by atoms with Crippen molar-refractivity contribution in [2.45, 2.75) is 11.8 Å². The summed E-state index contributed by atoms with van der Waals surface area (Å²) >= 11 is 0. The van der Waals surface area contributed by atoms with Crippen LogP contribution in [-0.2, 0) is 24.1 Å². The number of nitrogens with zero attached hydrogens (tertiary/aromatic N) is 2. The quantitative estimate of drug-likeness (QED) is 0.715. The molecule has 0 unspecified atom stereocenters. The minimum absolute atomic E-state index is 0.0110. The molecule has 3 aromatic rings. The average Bonchev–Trinajstić information content (AvgIpc) is 2.59. The number of aromatic nitrogens is 2. The molecule has 1 heterocycles. The van der Waals surface area contributed by atoms with E-state index in [4.69, 9.17) is 0 Å². The van der Waals surface area contributed by atoms with Crippen LogP contribution >= 0.6 is 0 Å². The second-order valence-electron chi connectivity index (χ2n) is 5.80. The predicted octanol–water partition coefficient (Wildman–Crippen LogP) is 1.35. The van der Waals surface area contributed by atoms with E-state index in [2.05, 4.69) is 4.72 Å². The van der Waals surface area contributed by atoms with Crippen molar-refractivity contribution < 1.29 is 8.42 Å². The highest BCUT2D eigenvalue weighted by atomic mass is 32.2. The van der Waals surface area contributed by atoms with Crippen LogP contribution in [-0.4, -0.2) is 17.6 Å². The molecule has 25 heavy (non-hydrogen) atoms. The van der Waals surface area contributed by atoms with Crippen LogP contribution < -0.4 is 15.8 Å². The topological polar surface area (TPSA) is 90.2 Å². The SMILES string of the molecule is Cc1ccccc1NS(=O)(=O)c1ccc2c(c1)n(C)c(=O)c(=O)n2C. The Bertz CT molecular complexity index is 1210. The van der Waals surface area contributed by atoms with Crippen LogP contribution in [0.4, 0.5) is 5.69 Å². The van der Waals surface area contributed by atoms with Gasteiger partial charge in [-0.15, -0.1) is 0 Å². The lowest BCUT2D eigenvalue weighted by atomic mass is 10.2. The summed E-state index contributed by atoms with van der Waals surface area (Å²) < 4.78 is 30.3. The Morgan fingerprint density at radius 2 is 1.48 bits per heavy atom. The van der Waals surface area contributed by atoms with E-state index in [0.717, 1.165) is 10.1 Å². The highest BCUT2D eigenvalue weighted by Gasteiger charge is 2.18. The van der Waals surface area contributed by atoms with Crippen LogP contribution in [0.3, 0.4) is 0 Å². The van der Waals surface area contributed by atoms with E-state index in [1.54, 1.807) is 25.1 Å². The molecular formula is C17H17N3O4S. The van der Waals surface area contributed by atoms with Gasteiger partial charge in [0.1, 0.15) is 0 Å². The summed E-state index contributed by atoms with van der Waals surface area (Å²) in [6.45, 7) is 1.80. The normalized spacial score (nSPS) is 11.6. The first-order valence-electron chi connectivity index (χ1n) is 7.50. The molecule has 0 aliphatic carbocycles. The third-order valence-electron chi connectivity index (χ3n) is 4.16. The van der Waals surface area contributed by atoms with Crippen molar-refractivity contribution in [2.75, 3.05) is 4.72 Å². The van der Waals surface area contributed by atoms with E-state index >= 15 is 0 Å². The first kappa shape index (κ1) is 17.0. The fourth-order valence-electron chi connectivity index (χ4n) is 2.62. The fourth-order valence-corrected chi connectivity index (χ4v) is 3.77. The predicted molar refractivity (Wildman–Crippen MR) is 96.4 cm³/mol. The molecular weight excluding hydrogens is 342 g/mol. The molecule has 0 radical (unpaired) electrons. The number of sulfonamides is 1. The minimum Gasteiger partial charge on any atom is -0.305 e. The van der Waals surface area contributed by atoms with Gasteiger partial charge in [0.2, 0.25) is 0 Å². The Morgan fingerprint density at radius 3 is 2.12 bits per heavy atom. The number of rotatable bonds is 3. The van der Waals surface area contributed by atoms with Crippen molar-refractivity contribution in [1.29, 1.82) is 0 Å². The fraction of sp³-hybridized carbons (Fsp3) is 0.176. The first-order valence-corrected chi connectivity index (χ1v) is 8.99. The van der Waals surface area contributed by atoms with Gasteiger partial charge in [-0.05, 0) is 36.8 Å². The number of hydrogen-bond donors (Lipinski definition) is 1. The van der Waals surface area contributed by atoms with Crippen molar-refractivity contribution in [3.63, 3.8) is 0 Å². The van der Waals surface area contributed by atoms with Crippen LogP contribution in [0.15, 0.2) is 56.9 Å². The van der Waals surface area contributed by atoms with Crippen molar-refractivity contribution >= 4 is 26.7 Å². The molecule has 130 valence electrons. The number of nitrogens with one attached hydrogen (secondary N) is 1. The summed E-state index contributed by atoms with van der Waals surface area (Å²) in [6, 6.07) is 11.3. The molecule has 0 saturated heterocycles. The molecule has 0 aliphatic heterocycles. The average molecular weight is 359 g/mol. The minimum atomic E-state index is -3.83. The molecule has 0 aliphatic rings. The lowest BCUT2D eigenvalue weighted by molar-refractivity contribution is 0.601. The van der Waals surface area contributed by atoms with E-state index in [1.807, 2.05) is 6.07 Å². The van der Waals surface area contributed by atoms with Gasteiger partial charge in [-0.3, -0.25) is 14.3 Å². The summed E-state index contributed by atoms with van der Waals surface area (Å²) in [5, 5.41) is 0. The van der Waals surface area contributed by atoms with E-state index < -0.39 is 21.1 Å². The standard InChI is InChI=1S/C17H17N3O4S/c1-11-6-4-5-7-13(11)18-25(23,24)12-8-9-14-15(10-12)20(3)17(22)16(21)19(14)2/h4-10,18H,1-3H3. The molecule has 0 bridgehead atoms. The second-order valence-corrected chi connectivity index (χ2v) is 7.48. The Labute approximate surface area is 144 Å². The number of para-hydroxylation sites is 1. The molecule has 0 spiro atoms. The molecule has 8 heteroatoms. The monoisotopic (exact) mass is 359 g/mol. The number of anilines is 1. The summed E-state index contributed by atoms with van der Waals surface area (Å²) in [4.78, 5) is 23.8. The lowest BCUT2D eigenvalue weighted by Crippen LogP contribution is -2.39. The zero-order chi connectivity index (χ0) is 18.4. The van der Waals surface area contributed by atoms with Gasteiger partial charge in [0.25, 0.3) is 10.0 Å². The molecule has 1 aromatic heterocycles. The number of hydrogen-bond acceptors (Lipinski definition) is 4. The van der Waals surface area contributed by atoms with Crippen LogP contribution in [0.5, 0.6) is 0 Å². The molecule has 0 saturated carbocycles. The Morgan fingerprint density at radius 1 is 0.880 bits per heavy atom. The van der Waals surface area contributed by atoms with Gasteiger partial charge in [0, 0.05) is 14.1 Å². The van der Waals surface area contributed by atoms with Gasteiger partial charge in [0.05, 0.1) is 21.6 Å². The third-order valence-corrected chi connectivity index (χ3v) is 5.52. The van der Waals surface area contributed by atoms with Crippen LogP contribution in [0, 0.1) is 6.92 Å². The van der Waals surface area contributed by atoms with Crippen LogP contribution in [0.2, 0.25) is 0 Å². The highest BCUT2D eigenvalue weighted by molar-refractivity contribution is 7.92. The highest BCUT2D eigenvalue weighted by Crippen LogP contribution is 2.21. The number of fused-ring (bicyclic) bond motifs is 1. The van der Waals surface area contributed by atoms with Gasteiger partial charge in [-0.25, -0.2) is 8.42 Å². The summed E-state index contributed by atoms with van der Waals surface area (Å²) in [5.41, 5.74) is 0.736. The maximum atomic E-state index is 12.7. The molecule has 1 N–H and O–H groups in total. The molecule has 0 atom stereocenters. The van der Waals surface area contributed by atoms with Crippen molar-refractivity contribution in [2.24, 2.45) is 14.1 Å². The van der Waals surface area contributed by atoms with E-state index in [-0.39, 0.29) is 4.90 Å². The van der Waals surface area contributed by atoms with Gasteiger partial charge in [0.15, 0.2) is 0 Å². The third kappa shape index (κ3) is 2.85. The molecule has 0 amide bonds. The van der Waals surface area contributed by atoms with Crippen molar-refractivity contribution in [3.05, 3.63) is 68.7 Å². The Balaban J connectivity index is 2.18.